The normalized spacial score (nSPS) is 18.0. The van der Waals surface area contributed by atoms with Gasteiger partial charge in [-0.2, -0.15) is 0 Å². The van der Waals surface area contributed by atoms with E-state index in [0.717, 1.165) is 13.2 Å². The van der Waals surface area contributed by atoms with Crippen molar-refractivity contribution in [1.82, 2.24) is 0 Å². The molecule has 0 bridgehead atoms. The summed E-state index contributed by atoms with van der Waals surface area (Å²) in [7, 11) is 0. The maximum absolute atomic E-state index is 6.69. The molecular weight excluding hydrogens is 454 g/mol. The molecule has 0 amide bonds. The van der Waals surface area contributed by atoms with Gasteiger partial charge < -0.3 is 0 Å². The van der Waals surface area contributed by atoms with Gasteiger partial charge in [0.2, 0.25) is 0 Å². The van der Waals surface area contributed by atoms with Gasteiger partial charge in [0, 0.05) is 0 Å². The summed E-state index contributed by atoms with van der Waals surface area (Å²) in [5, 5.41) is 0. The molecule has 0 N–H and O–H groups in total. The predicted molar refractivity (Wildman–Crippen MR) is 87.0 cm³/mol. The summed E-state index contributed by atoms with van der Waals surface area (Å²) >= 11 is -5.67. The third kappa shape index (κ3) is 9.17. The molecule has 0 rings (SSSR count). The van der Waals surface area contributed by atoms with Crippen molar-refractivity contribution in [1.29, 1.82) is 0 Å². The van der Waals surface area contributed by atoms with E-state index in [0.29, 0.717) is 0 Å². The molecule has 0 radical (unpaired) electrons. The molecule has 5 heteroatoms. The van der Waals surface area contributed by atoms with Crippen LogP contribution in [0.15, 0.2) is 0 Å². The van der Waals surface area contributed by atoms with E-state index in [2.05, 4.69) is 37.6 Å². The van der Waals surface area contributed by atoms with Crippen LogP contribution in [0, 0.1) is 0 Å². The zero-order chi connectivity index (χ0) is 14.8. The zero-order valence-electron chi connectivity index (χ0n) is 13.9. The summed E-state index contributed by atoms with van der Waals surface area (Å²) in [5.74, 6) is 0. The molecule has 0 aromatic carbocycles. The first kappa shape index (κ1) is 20.5. The summed E-state index contributed by atoms with van der Waals surface area (Å²) < 4.78 is 21.3. The van der Waals surface area contributed by atoms with Crippen molar-refractivity contribution >= 4 is 38.4 Å². The number of hydrogen-bond donors (Lipinski definition) is 0. The third-order valence-electron chi connectivity index (χ3n) is 3.30. The van der Waals surface area contributed by atoms with Crippen molar-refractivity contribution in [2.45, 2.75) is 72.1 Å². The fourth-order valence-electron chi connectivity index (χ4n) is 2.37. The van der Waals surface area contributed by atoms with Crippen LogP contribution in [0.4, 0.5) is 0 Å². The molecule has 0 spiro atoms. The average Bonchev–Trinajstić information content (AvgIpc) is 2.34. The van der Waals surface area contributed by atoms with Crippen molar-refractivity contribution in [2.75, 3.05) is 13.2 Å². The SMILES string of the molecule is CCC[CH2][Sn]([CH3])([O]CC)[O][Sn]([CH3])([CH2]CCC)[O]CC. The Balaban J connectivity index is 4.70. The topological polar surface area (TPSA) is 27.7 Å². The van der Waals surface area contributed by atoms with E-state index in [4.69, 9.17) is 7.56 Å². The van der Waals surface area contributed by atoms with Crippen LogP contribution in [-0.4, -0.2) is 51.6 Å². The Hall–Kier alpha value is 1.48. The second-order valence-corrected chi connectivity index (χ2v) is 27.4. The van der Waals surface area contributed by atoms with Gasteiger partial charge in [-0.1, -0.05) is 0 Å². The Kier molecular flexibility index (Phi) is 12.0. The third-order valence-corrected chi connectivity index (χ3v) is 34.6. The van der Waals surface area contributed by atoms with Gasteiger partial charge in [0.1, 0.15) is 0 Å². The molecule has 0 saturated carbocycles. The number of hydrogen-bond acceptors (Lipinski definition) is 3. The summed E-state index contributed by atoms with van der Waals surface area (Å²) in [5.41, 5.74) is 0. The van der Waals surface area contributed by atoms with Gasteiger partial charge in [-0.15, -0.1) is 0 Å². The van der Waals surface area contributed by atoms with Crippen LogP contribution in [0.2, 0.25) is 18.8 Å². The second-order valence-electron chi connectivity index (χ2n) is 5.44. The fourth-order valence-corrected chi connectivity index (χ4v) is 39.5. The molecule has 0 heterocycles. The molecule has 2 unspecified atom stereocenters. The summed E-state index contributed by atoms with van der Waals surface area (Å²) in [6.07, 6.45) is 4.90. The van der Waals surface area contributed by atoms with Gasteiger partial charge in [-0.05, 0) is 0 Å². The van der Waals surface area contributed by atoms with E-state index in [1.54, 1.807) is 0 Å². The van der Waals surface area contributed by atoms with Gasteiger partial charge in [-0.3, -0.25) is 0 Å². The quantitative estimate of drug-likeness (QED) is 0.369. The Labute approximate surface area is 130 Å². The van der Waals surface area contributed by atoms with Crippen molar-refractivity contribution in [3.05, 3.63) is 0 Å². The van der Waals surface area contributed by atoms with Crippen LogP contribution < -0.4 is 0 Å². The Morgan fingerprint density at radius 1 is 0.684 bits per heavy atom. The molecule has 3 nitrogen and oxygen atoms in total. The molecule has 0 fully saturated rings. The van der Waals surface area contributed by atoms with Crippen LogP contribution in [0.5, 0.6) is 0 Å². The molecule has 0 aromatic heterocycles. The predicted octanol–water partition coefficient (Wildman–Crippen LogP) is 4.82. The van der Waals surface area contributed by atoms with Crippen LogP contribution in [0.1, 0.15) is 53.4 Å². The van der Waals surface area contributed by atoms with Gasteiger partial charge >= 0.3 is 131 Å². The molecular formula is C14H34O3Sn2. The molecule has 19 heavy (non-hydrogen) atoms. The van der Waals surface area contributed by atoms with Crippen molar-refractivity contribution in [3.8, 4) is 0 Å². The fraction of sp³-hybridized carbons (Fsp3) is 1.00. The first-order chi connectivity index (χ1) is 8.95. The van der Waals surface area contributed by atoms with Gasteiger partial charge in [-0.25, -0.2) is 0 Å². The number of unbranched alkanes of at least 4 members (excludes halogenated alkanes) is 2. The first-order valence-electron chi connectivity index (χ1n) is 7.93. The minimum atomic E-state index is -2.83. The molecule has 0 saturated heterocycles. The molecule has 0 aromatic rings. The monoisotopic (exact) mass is 490 g/mol. The summed E-state index contributed by atoms with van der Waals surface area (Å²) in [4.78, 5) is 4.60. The van der Waals surface area contributed by atoms with E-state index in [-0.39, 0.29) is 0 Å². The standard InChI is InChI=1S/2C4H9.2C2H5O.2CH3.O.2Sn/c2*1-3-4-2;2*1-2-3;;;;;/h2*1,3-4H2,2H3;2*2H2,1H3;2*1H3;;;/q;;2*-1;;;;2*+1. The maximum atomic E-state index is 6.69. The van der Waals surface area contributed by atoms with Crippen molar-refractivity contribution in [3.63, 3.8) is 0 Å². The molecule has 0 aliphatic carbocycles. The van der Waals surface area contributed by atoms with Crippen LogP contribution in [0.3, 0.4) is 0 Å². The van der Waals surface area contributed by atoms with E-state index >= 15 is 0 Å². The van der Waals surface area contributed by atoms with Gasteiger partial charge in [0.15, 0.2) is 0 Å². The number of rotatable bonds is 12. The van der Waals surface area contributed by atoms with Crippen LogP contribution in [-0.2, 0) is 7.56 Å². The summed E-state index contributed by atoms with van der Waals surface area (Å²) in [6, 6.07) is 0. The van der Waals surface area contributed by atoms with Gasteiger partial charge in [0.05, 0.1) is 0 Å². The van der Waals surface area contributed by atoms with E-state index < -0.39 is 38.4 Å². The van der Waals surface area contributed by atoms with Crippen LogP contribution >= 0.6 is 0 Å². The summed E-state index contributed by atoms with van der Waals surface area (Å²) in [6.45, 7) is 10.2. The van der Waals surface area contributed by atoms with Crippen molar-refractivity contribution < 1.29 is 7.56 Å². The van der Waals surface area contributed by atoms with E-state index in [1.807, 2.05) is 0 Å². The average molecular weight is 488 g/mol. The van der Waals surface area contributed by atoms with Crippen molar-refractivity contribution in [2.24, 2.45) is 0 Å². The first-order valence-corrected chi connectivity index (χ1v) is 22.3. The molecule has 2 atom stereocenters. The molecule has 0 aliphatic rings. The Bertz CT molecular complexity index is 207. The minimum absolute atomic E-state index is 0.790. The van der Waals surface area contributed by atoms with Gasteiger partial charge in [0.25, 0.3) is 0 Å². The zero-order valence-corrected chi connectivity index (χ0v) is 19.6. The molecule has 0 aliphatic heterocycles. The molecule has 116 valence electrons. The van der Waals surface area contributed by atoms with E-state index in [1.165, 1.54) is 34.6 Å². The van der Waals surface area contributed by atoms with Crippen LogP contribution in [0.25, 0.3) is 0 Å². The Morgan fingerprint density at radius 2 is 1.05 bits per heavy atom. The Morgan fingerprint density at radius 3 is 1.32 bits per heavy atom. The van der Waals surface area contributed by atoms with E-state index in [9.17, 15) is 0 Å². The second kappa shape index (κ2) is 11.1.